The van der Waals surface area contributed by atoms with Crippen LogP contribution in [-0.4, -0.2) is 32.5 Å². The molecule has 0 amide bonds. The monoisotopic (exact) mass is 425 g/mol. The molecule has 4 rings (SSSR count). The Kier molecular flexibility index (Phi) is 5.94. The first-order chi connectivity index (χ1) is 14.1. The molecular formula is C22H20ClN3O2S. The zero-order valence-corrected chi connectivity index (χ0v) is 17.2. The van der Waals surface area contributed by atoms with Gasteiger partial charge in [-0.2, -0.15) is 0 Å². The van der Waals surface area contributed by atoms with Crippen molar-refractivity contribution < 1.29 is 9.90 Å². The summed E-state index contributed by atoms with van der Waals surface area (Å²) in [6.45, 7) is 2.12. The lowest BCUT2D eigenvalue weighted by molar-refractivity contribution is 0.0691. The Morgan fingerprint density at radius 3 is 2.83 bits per heavy atom. The molecule has 0 saturated carbocycles. The minimum absolute atomic E-state index is 0.101. The van der Waals surface area contributed by atoms with E-state index in [1.165, 1.54) is 22.3 Å². The second-order valence-corrected chi connectivity index (χ2v) is 8.26. The van der Waals surface area contributed by atoms with Gasteiger partial charge in [0.05, 0.1) is 6.54 Å². The van der Waals surface area contributed by atoms with Gasteiger partial charge in [0.2, 0.25) is 0 Å². The molecule has 2 aromatic heterocycles. The molecule has 0 fully saturated rings. The molecular weight excluding hydrogens is 406 g/mol. The number of carbonyl (C=O) groups is 1. The van der Waals surface area contributed by atoms with Crippen LogP contribution in [0, 0.1) is 0 Å². The number of aromatic carboxylic acids is 1. The predicted octanol–water partition coefficient (Wildman–Crippen LogP) is 5.22. The van der Waals surface area contributed by atoms with Gasteiger partial charge in [-0.15, -0.1) is 11.3 Å². The third kappa shape index (κ3) is 4.85. The maximum absolute atomic E-state index is 11.1. The molecule has 4 aromatic rings. The highest BCUT2D eigenvalue weighted by Gasteiger charge is 2.14. The highest BCUT2D eigenvalue weighted by Crippen LogP contribution is 2.21. The van der Waals surface area contributed by atoms with E-state index in [1.807, 2.05) is 30.3 Å². The number of para-hydroxylation sites is 1. The van der Waals surface area contributed by atoms with E-state index in [0.29, 0.717) is 18.1 Å². The van der Waals surface area contributed by atoms with Gasteiger partial charge in [0.1, 0.15) is 5.01 Å². The van der Waals surface area contributed by atoms with Crippen LogP contribution in [0.1, 0.15) is 26.6 Å². The van der Waals surface area contributed by atoms with Crippen LogP contribution in [0.2, 0.25) is 5.02 Å². The van der Waals surface area contributed by atoms with Crippen LogP contribution < -0.4 is 0 Å². The molecule has 0 aliphatic carbocycles. The molecule has 0 atom stereocenters. The quantitative estimate of drug-likeness (QED) is 0.406. The topological polar surface area (TPSA) is 69.2 Å². The van der Waals surface area contributed by atoms with E-state index >= 15 is 0 Å². The molecule has 0 aliphatic heterocycles. The van der Waals surface area contributed by atoms with E-state index in [4.69, 9.17) is 16.7 Å². The Morgan fingerprint density at radius 2 is 2.03 bits per heavy atom. The summed E-state index contributed by atoms with van der Waals surface area (Å²) in [4.78, 5) is 21.0. The summed E-state index contributed by atoms with van der Waals surface area (Å²) in [7, 11) is 0. The lowest BCUT2D eigenvalue weighted by Gasteiger charge is -2.21. The summed E-state index contributed by atoms with van der Waals surface area (Å²) in [5, 5.41) is 13.5. The van der Waals surface area contributed by atoms with Crippen LogP contribution in [0.5, 0.6) is 0 Å². The summed E-state index contributed by atoms with van der Waals surface area (Å²) in [5.74, 6) is -0.993. The number of H-pyrrole nitrogens is 1. The number of aromatic nitrogens is 2. The SMILES string of the molecule is O=C(O)c1csc(CN(CCc2c[nH]c3ccccc23)Cc2cccc(Cl)c2)n1. The predicted molar refractivity (Wildman–Crippen MR) is 117 cm³/mol. The highest BCUT2D eigenvalue weighted by atomic mass is 35.5. The standard InChI is InChI=1S/C22H20ClN3O2S/c23-17-5-3-4-15(10-17)12-26(13-21-25-20(14-29-21)22(27)28)9-8-16-11-24-19-7-2-1-6-18(16)19/h1-7,10-11,14,24H,8-9,12-13H2,(H,27,28). The number of fused-ring (bicyclic) bond motifs is 1. The Labute approximate surface area is 177 Å². The maximum atomic E-state index is 11.1. The summed E-state index contributed by atoms with van der Waals surface area (Å²) >= 11 is 7.53. The first kappa shape index (κ1) is 19.6. The minimum atomic E-state index is -0.993. The van der Waals surface area contributed by atoms with Crippen LogP contribution >= 0.6 is 22.9 Å². The van der Waals surface area contributed by atoms with Gasteiger partial charge in [-0.25, -0.2) is 9.78 Å². The van der Waals surface area contributed by atoms with Gasteiger partial charge in [0.15, 0.2) is 5.69 Å². The molecule has 0 bridgehead atoms. The van der Waals surface area contributed by atoms with Gasteiger partial charge >= 0.3 is 5.97 Å². The van der Waals surface area contributed by atoms with Gasteiger partial charge in [-0.1, -0.05) is 41.9 Å². The average Bonchev–Trinajstić information content (AvgIpc) is 3.33. The lowest BCUT2D eigenvalue weighted by atomic mass is 10.1. The van der Waals surface area contributed by atoms with Crippen LogP contribution in [0.4, 0.5) is 0 Å². The van der Waals surface area contributed by atoms with Gasteiger partial charge in [-0.3, -0.25) is 4.90 Å². The zero-order valence-electron chi connectivity index (χ0n) is 15.6. The van der Waals surface area contributed by atoms with E-state index in [-0.39, 0.29) is 5.69 Å². The number of nitrogens with one attached hydrogen (secondary N) is 1. The molecule has 0 unspecified atom stereocenters. The molecule has 0 radical (unpaired) electrons. The number of aromatic amines is 1. The molecule has 148 valence electrons. The minimum Gasteiger partial charge on any atom is -0.476 e. The number of halogens is 1. The van der Waals surface area contributed by atoms with Crippen molar-refractivity contribution in [2.45, 2.75) is 19.5 Å². The largest absolute Gasteiger partial charge is 0.476 e. The van der Waals surface area contributed by atoms with Crippen molar-refractivity contribution in [1.82, 2.24) is 14.9 Å². The second-order valence-electron chi connectivity index (χ2n) is 6.88. The highest BCUT2D eigenvalue weighted by molar-refractivity contribution is 7.09. The number of thiazole rings is 1. The van der Waals surface area contributed by atoms with Crippen molar-refractivity contribution in [3.63, 3.8) is 0 Å². The van der Waals surface area contributed by atoms with Crippen molar-refractivity contribution in [2.24, 2.45) is 0 Å². The zero-order chi connectivity index (χ0) is 20.2. The maximum Gasteiger partial charge on any atom is 0.355 e. The van der Waals surface area contributed by atoms with Crippen molar-refractivity contribution in [2.75, 3.05) is 6.54 Å². The number of nitrogens with zero attached hydrogens (tertiary/aromatic N) is 2. The van der Waals surface area contributed by atoms with Gasteiger partial charge in [0.25, 0.3) is 0 Å². The molecule has 0 spiro atoms. The fourth-order valence-corrected chi connectivity index (χ4v) is 4.42. The molecule has 2 aromatic carbocycles. The molecule has 7 heteroatoms. The first-order valence-corrected chi connectivity index (χ1v) is 10.5. The summed E-state index contributed by atoms with van der Waals surface area (Å²) in [6.07, 6.45) is 2.94. The molecule has 5 nitrogen and oxygen atoms in total. The number of rotatable bonds is 8. The third-order valence-corrected chi connectivity index (χ3v) is 5.87. The fourth-order valence-electron chi connectivity index (χ4n) is 3.40. The first-order valence-electron chi connectivity index (χ1n) is 9.28. The van der Waals surface area contributed by atoms with Crippen LogP contribution in [0.25, 0.3) is 10.9 Å². The van der Waals surface area contributed by atoms with Gasteiger partial charge < -0.3 is 10.1 Å². The van der Waals surface area contributed by atoms with Crippen LogP contribution in [0.3, 0.4) is 0 Å². The Bertz CT molecular complexity index is 1140. The number of hydrogen-bond donors (Lipinski definition) is 2. The Hall–Kier alpha value is -2.67. The number of benzene rings is 2. The van der Waals surface area contributed by atoms with Crippen molar-refractivity contribution >= 4 is 39.8 Å². The molecule has 2 heterocycles. The van der Waals surface area contributed by atoms with Crippen LogP contribution in [-0.2, 0) is 19.5 Å². The van der Waals surface area contributed by atoms with Crippen molar-refractivity contribution in [3.8, 4) is 0 Å². The summed E-state index contributed by atoms with van der Waals surface area (Å²) in [6, 6.07) is 16.1. The number of hydrogen-bond acceptors (Lipinski definition) is 4. The fraction of sp³-hybridized carbons (Fsp3) is 0.182. The number of carboxylic acids is 1. The van der Waals surface area contributed by atoms with Crippen molar-refractivity contribution in [3.05, 3.63) is 87.0 Å². The average molecular weight is 426 g/mol. The smallest absolute Gasteiger partial charge is 0.355 e. The second kappa shape index (κ2) is 8.78. The van der Waals surface area contributed by atoms with Gasteiger partial charge in [-0.05, 0) is 35.7 Å². The van der Waals surface area contributed by atoms with E-state index in [1.54, 1.807) is 5.38 Å². The molecule has 29 heavy (non-hydrogen) atoms. The lowest BCUT2D eigenvalue weighted by Crippen LogP contribution is -2.25. The third-order valence-electron chi connectivity index (χ3n) is 4.80. The van der Waals surface area contributed by atoms with Gasteiger partial charge in [0, 0.05) is 40.6 Å². The summed E-state index contributed by atoms with van der Waals surface area (Å²) < 4.78 is 0. The van der Waals surface area contributed by atoms with Crippen molar-refractivity contribution in [1.29, 1.82) is 0 Å². The normalized spacial score (nSPS) is 11.4. The Morgan fingerprint density at radius 1 is 1.17 bits per heavy atom. The molecule has 2 N–H and O–H groups in total. The van der Waals surface area contributed by atoms with E-state index in [2.05, 4.69) is 39.3 Å². The summed E-state index contributed by atoms with van der Waals surface area (Å²) in [5.41, 5.74) is 3.62. The Balaban J connectivity index is 1.52. The molecule has 0 aliphatic rings. The van der Waals surface area contributed by atoms with Crippen LogP contribution in [0.15, 0.2) is 60.1 Å². The van der Waals surface area contributed by atoms with E-state index in [0.717, 1.165) is 29.1 Å². The molecule has 0 saturated heterocycles. The van der Waals surface area contributed by atoms with E-state index in [9.17, 15) is 4.79 Å². The number of carboxylic acid groups (broad SMARTS) is 1. The van der Waals surface area contributed by atoms with E-state index < -0.39 is 5.97 Å².